The van der Waals surface area contributed by atoms with Gasteiger partial charge in [-0.05, 0) is 31.5 Å². The molecule has 1 aromatic rings. The van der Waals surface area contributed by atoms with Crippen LogP contribution in [-0.4, -0.2) is 75.4 Å². The van der Waals surface area contributed by atoms with Crippen LogP contribution in [0.2, 0.25) is 0 Å². The molecule has 1 aromatic carbocycles. The molecule has 2 aliphatic rings. The topological polar surface area (TPSA) is 45.2 Å². The van der Waals surface area contributed by atoms with E-state index in [0.717, 1.165) is 57.9 Å². The number of hydrogen-bond acceptors (Lipinski definition) is 5. The van der Waals surface area contributed by atoms with Crippen molar-refractivity contribution < 1.29 is 14.3 Å². The SMILES string of the molecule is COc1ccccc1N1CCN(CCCC2CN(C)C(=O)O2)CC1. The van der Waals surface area contributed by atoms with Gasteiger partial charge in [0.05, 0.1) is 19.3 Å². The molecule has 24 heavy (non-hydrogen) atoms. The van der Waals surface area contributed by atoms with Crippen molar-refractivity contribution in [3.05, 3.63) is 24.3 Å². The lowest BCUT2D eigenvalue weighted by atomic mass is 10.1. The minimum atomic E-state index is -0.189. The summed E-state index contributed by atoms with van der Waals surface area (Å²) in [5.41, 5.74) is 1.18. The van der Waals surface area contributed by atoms with Gasteiger partial charge in [0.15, 0.2) is 0 Å². The molecular formula is C18H27N3O3. The molecular weight excluding hydrogens is 306 g/mol. The van der Waals surface area contributed by atoms with Gasteiger partial charge in [-0.15, -0.1) is 0 Å². The maximum absolute atomic E-state index is 11.3. The summed E-state index contributed by atoms with van der Waals surface area (Å²) in [6, 6.07) is 8.21. The summed E-state index contributed by atoms with van der Waals surface area (Å²) < 4.78 is 10.8. The smallest absolute Gasteiger partial charge is 0.409 e. The van der Waals surface area contributed by atoms with Gasteiger partial charge < -0.3 is 19.3 Å². The molecule has 0 bridgehead atoms. The standard InChI is InChI=1S/C18H27N3O3/c1-19-14-15(24-18(19)22)6-5-9-20-10-12-21(13-11-20)16-7-3-4-8-17(16)23-2/h3-4,7-8,15H,5-6,9-14H2,1-2H3. The van der Waals surface area contributed by atoms with E-state index in [1.807, 2.05) is 12.1 Å². The molecule has 132 valence electrons. The molecule has 3 rings (SSSR count). The maximum Gasteiger partial charge on any atom is 0.409 e. The van der Waals surface area contributed by atoms with Gasteiger partial charge in [-0.2, -0.15) is 0 Å². The second kappa shape index (κ2) is 7.75. The predicted octanol–water partition coefficient (Wildman–Crippen LogP) is 2.05. The first-order valence-corrected chi connectivity index (χ1v) is 8.69. The average Bonchev–Trinajstić information content (AvgIpc) is 2.93. The Bertz CT molecular complexity index is 558. The summed E-state index contributed by atoms with van der Waals surface area (Å²) >= 11 is 0. The summed E-state index contributed by atoms with van der Waals surface area (Å²) in [6.07, 6.45) is 1.89. The van der Waals surface area contributed by atoms with Gasteiger partial charge in [0.25, 0.3) is 0 Å². The highest BCUT2D eigenvalue weighted by Gasteiger charge is 2.28. The fraction of sp³-hybridized carbons (Fsp3) is 0.611. The van der Waals surface area contributed by atoms with Crippen LogP contribution in [-0.2, 0) is 4.74 Å². The van der Waals surface area contributed by atoms with Crippen LogP contribution < -0.4 is 9.64 Å². The summed E-state index contributed by atoms with van der Waals surface area (Å²) in [6.45, 7) is 5.94. The second-order valence-electron chi connectivity index (χ2n) is 6.53. The molecule has 0 radical (unpaired) electrons. The van der Waals surface area contributed by atoms with Crippen LogP contribution in [0.4, 0.5) is 10.5 Å². The monoisotopic (exact) mass is 333 g/mol. The summed E-state index contributed by atoms with van der Waals surface area (Å²) in [5, 5.41) is 0. The van der Waals surface area contributed by atoms with Crippen LogP contribution in [0.15, 0.2) is 24.3 Å². The number of benzene rings is 1. The van der Waals surface area contributed by atoms with E-state index in [2.05, 4.69) is 21.9 Å². The number of para-hydroxylation sites is 2. The molecule has 6 nitrogen and oxygen atoms in total. The van der Waals surface area contributed by atoms with E-state index in [9.17, 15) is 4.79 Å². The van der Waals surface area contributed by atoms with Gasteiger partial charge in [-0.3, -0.25) is 4.90 Å². The number of ether oxygens (including phenoxy) is 2. The molecule has 0 spiro atoms. The number of carbonyl (C=O) groups is 1. The van der Waals surface area contributed by atoms with Crippen molar-refractivity contribution in [3.63, 3.8) is 0 Å². The Morgan fingerprint density at radius 3 is 2.62 bits per heavy atom. The van der Waals surface area contributed by atoms with E-state index in [1.54, 1.807) is 19.1 Å². The third kappa shape index (κ3) is 3.93. The Labute approximate surface area is 143 Å². The van der Waals surface area contributed by atoms with E-state index < -0.39 is 0 Å². The van der Waals surface area contributed by atoms with Gasteiger partial charge >= 0.3 is 6.09 Å². The largest absolute Gasteiger partial charge is 0.495 e. The maximum atomic E-state index is 11.3. The van der Waals surface area contributed by atoms with Crippen LogP contribution in [0.1, 0.15) is 12.8 Å². The van der Waals surface area contributed by atoms with E-state index >= 15 is 0 Å². The first-order valence-electron chi connectivity index (χ1n) is 8.69. The van der Waals surface area contributed by atoms with Crippen molar-refractivity contribution in [1.82, 2.24) is 9.80 Å². The zero-order chi connectivity index (χ0) is 16.9. The van der Waals surface area contributed by atoms with Gasteiger partial charge in [0.2, 0.25) is 0 Å². The van der Waals surface area contributed by atoms with Gasteiger partial charge in [0, 0.05) is 33.2 Å². The number of carbonyl (C=O) groups excluding carboxylic acids is 1. The molecule has 0 N–H and O–H groups in total. The van der Waals surface area contributed by atoms with Crippen LogP contribution in [0.3, 0.4) is 0 Å². The number of rotatable bonds is 6. The molecule has 1 unspecified atom stereocenters. The third-order valence-electron chi connectivity index (χ3n) is 4.86. The number of methoxy groups -OCH3 is 1. The Morgan fingerprint density at radius 1 is 1.21 bits per heavy atom. The lowest BCUT2D eigenvalue weighted by molar-refractivity contribution is 0.126. The normalized spacial score (nSPS) is 21.9. The van der Waals surface area contributed by atoms with Crippen molar-refractivity contribution in [2.75, 3.05) is 58.3 Å². The second-order valence-corrected chi connectivity index (χ2v) is 6.53. The van der Waals surface area contributed by atoms with Crippen LogP contribution in [0, 0.1) is 0 Å². The predicted molar refractivity (Wildman–Crippen MR) is 93.8 cm³/mol. The minimum absolute atomic E-state index is 0.0670. The van der Waals surface area contributed by atoms with Crippen molar-refractivity contribution >= 4 is 11.8 Å². The lowest BCUT2D eigenvalue weighted by Gasteiger charge is -2.36. The first kappa shape index (κ1) is 16.9. The molecule has 0 aliphatic carbocycles. The number of hydrogen-bond donors (Lipinski definition) is 0. The summed E-state index contributed by atoms with van der Waals surface area (Å²) in [7, 11) is 3.52. The summed E-state index contributed by atoms with van der Waals surface area (Å²) in [4.78, 5) is 17.9. The minimum Gasteiger partial charge on any atom is -0.495 e. The van der Waals surface area contributed by atoms with E-state index in [-0.39, 0.29) is 12.2 Å². The van der Waals surface area contributed by atoms with Gasteiger partial charge in [0.1, 0.15) is 11.9 Å². The fourth-order valence-corrected chi connectivity index (χ4v) is 3.45. The average molecular weight is 333 g/mol. The molecule has 2 saturated heterocycles. The number of amides is 1. The third-order valence-corrected chi connectivity index (χ3v) is 4.86. The zero-order valence-electron chi connectivity index (χ0n) is 14.6. The molecule has 0 aromatic heterocycles. The number of cyclic esters (lactones) is 1. The highest BCUT2D eigenvalue weighted by molar-refractivity contribution is 5.69. The fourth-order valence-electron chi connectivity index (χ4n) is 3.45. The van der Waals surface area contributed by atoms with Gasteiger partial charge in [-0.25, -0.2) is 4.79 Å². The molecule has 0 saturated carbocycles. The molecule has 1 atom stereocenters. The first-order chi connectivity index (χ1) is 11.7. The van der Waals surface area contributed by atoms with E-state index in [0.29, 0.717) is 0 Å². The Morgan fingerprint density at radius 2 is 1.96 bits per heavy atom. The van der Waals surface area contributed by atoms with E-state index in [1.165, 1.54) is 5.69 Å². The van der Waals surface area contributed by atoms with Crippen molar-refractivity contribution in [2.45, 2.75) is 18.9 Å². The van der Waals surface area contributed by atoms with Crippen molar-refractivity contribution in [2.24, 2.45) is 0 Å². The zero-order valence-corrected chi connectivity index (χ0v) is 14.6. The van der Waals surface area contributed by atoms with Gasteiger partial charge in [-0.1, -0.05) is 12.1 Å². The van der Waals surface area contributed by atoms with E-state index in [4.69, 9.17) is 9.47 Å². The molecule has 2 aliphatic heterocycles. The molecule has 2 heterocycles. The lowest BCUT2D eigenvalue weighted by Crippen LogP contribution is -2.46. The molecule has 6 heteroatoms. The number of anilines is 1. The molecule has 2 fully saturated rings. The Kier molecular flexibility index (Phi) is 5.45. The quantitative estimate of drug-likeness (QED) is 0.797. The number of likely N-dealkylation sites (N-methyl/N-ethyl adjacent to an activating group) is 1. The highest BCUT2D eigenvalue weighted by atomic mass is 16.6. The van der Waals surface area contributed by atoms with Crippen molar-refractivity contribution in [3.8, 4) is 5.75 Å². The Hall–Kier alpha value is -1.95. The van der Waals surface area contributed by atoms with Crippen LogP contribution in [0.5, 0.6) is 5.75 Å². The van der Waals surface area contributed by atoms with Crippen LogP contribution >= 0.6 is 0 Å². The van der Waals surface area contributed by atoms with Crippen LogP contribution in [0.25, 0.3) is 0 Å². The highest BCUT2D eigenvalue weighted by Crippen LogP contribution is 2.28. The summed E-state index contributed by atoms with van der Waals surface area (Å²) in [5.74, 6) is 0.943. The number of nitrogens with zero attached hydrogens (tertiary/aromatic N) is 3. The molecule has 1 amide bonds. The number of piperazine rings is 1. The van der Waals surface area contributed by atoms with Crippen molar-refractivity contribution in [1.29, 1.82) is 0 Å². The Balaban J connectivity index is 1.40.